The number of hydrogen-bond acceptors (Lipinski definition) is 4. The van der Waals surface area contributed by atoms with E-state index < -0.39 is 5.92 Å². The second-order valence-corrected chi connectivity index (χ2v) is 3.62. The van der Waals surface area contributed by atoms with Crippen LogP contribution in [-0.2, 0) is 4.79 Å². The van der Waals surface area contributed by atoms with E-state index in [9.17, 15) is 4.79 Å². The number of nitrogens with two attached hydrogens (primary N) is 1. The topological polar surface area (TPSA) is 91.0 Å². The fourth-order valence-corrected chi connectivity index (χ4v) is 1.13. The Bertz CT molecular complexity index is 225. The van der Waals surface area contributed by atoms with E-state index >= 15 is 0 Å². The van der Waals surface area contributed by atoms with Gasteiger partial charge in [-0.25, -0.2) is 5.01 Å². The summed E-state index contributed by atoms with van der Waals surface area (Å²) in [6, 6.07) is 0. The van der Waals surface area contributed by atoms with Crippen molar-refractivity contribution in [2.75, 3.05) is 14.1 Å². The first-order chi connectivity index (χ1) is 6.40. The molecule has 0 fully saturated rings. The highest BCUT2D eigenvalue weighted by molar-refractivity contribution is 6.02. The highest BCUT2D eigenvalue weighted by Gasteiger charge is 2.26. The first kappa shape index (κ1) is 12.7. The van der Waals surface area contributed by atoms with Crippen molar-refractivity contribution >= 4 is 11.7 Å². The second-order valence-electron chi connectivity index (χ2n) is 3.62. The standard InChI is InChI=1S/C8H18N4O2/c1-5(2)6(7(9)11-14)8(13)10-12(3)4/h5-6,14H,1-4H3,(H2,9,11)(H,10,13). The zero-order valence-electron chi connectivity index (χ0n) is 8.98. The summed E-state index contributed by atoms with van der Waals surface area (Å²) in [6.45, 7) is 3.66. The number of hydrogen-bond donors (Lipinski definition) is 3. The summed E-state index contributed by atoms with van der Waals surface area (Å²) in [5.41, 5.74) is 7.98. The van der Waals surface area contributed by atoms with Crippen LogP contribution in [0.4, 0.5) is 0 Å². The van der Waals surface area contributed by atoms with Gasteiger partial charge in [-0.15, -0.1) is 0 Å². The predicted octanol–water partition coefficient (Wildman–Crippen LogP) is -0.402. The summed E-state index contributed by atoms with van der Waals surface area (Å²) in [7, 11) is 3.39. The van der Waals surface area contributed by atoms with Crippen LogP contribution in [0.3, 0.4) is 0 Å². The first-order valence-corrected chi connectivity index (χ1v) is 4.35. The lowest BCUT2D eigenvalue weighted by atomic mass is 9.94. The van der Waals surface area contributed by atoms with Gasteiger partial charge in [0.05, 0.1) is 0 Å². The van der Waals surface area contributed by atoms with Gasteiger partial charge in [-0.2, -0.15) is 0 Å². The quantitative estimate of drug-likeness (QED) is 0.250. The molecule has 0 aliphatic carbocycles. The molecule has 0 aliphatic heterocycles. The first-order valence-electron chi connectivity index (χ1n) is 4.35. The van der Waals surface area contributed by atoms with E-state index in [0.29, 0.717) is 0 Å². The Balaban J connectivity index is 4.59. The number of carbonyl (C=O) groups excluding carboxylic acids is 1. The maximum atomic E-state index is 11.6. The summed E-state index contributed by atoms with van der Waals surface area (Å²) in [4.78, 5) is 11.6. The molecule has 0 aromatic carbocycles. The van der Waals surface area contributed by atoms with Crippen molar-refractivity contribution in [3.8, 4) is 0 Å². The number of carbonyl (C=O) groups is 1. The van der Waals surface area contributed by atoms with Crippen molar-refractivity contribution in [2.45, 2.75) is 13.8 Å². The summed E-state index contributed by atoms with van der Waals surface area (Å²) in [5, 5.41) is 12.9. The molecule has 4 N–H and O–H groups in total. The molecule has 6 heteroatoms. The highest BCUT2D eigenvalue weighted by Crippen LogP contribution is 2.11. The van der Waals surface area contributed by atoms with E-state index in [1.165, 1.54) is 5.01 Å². The summed E-state index contributed by atoms with van der Waals surface area (Å²) >= 11 is 0. The molecule has 0 saturated heterocycles. The molecular weight excluding hydrogens is 184 g/mol. The zero-order chi connectivity index (χ0) is 11.3. The van der Waals surface area contributed by atoms with E-state index in [4.69, 9.17) is 10.9 Å². The molecule has 14 heavy (non-hydrogen) atoms. The van der Waals surface area contributed by atoms with Crippen molar-refractivity contribution in [2.24, 2.45) is 22.7 Å². The molecule has 1 unspecified atom stereocenters. The van der Waals surface area contributed by atoms with Crippen molar-refractivity contribution in [1.82, 2.24) is 10.4 Å². The lowest BCUT2D eigenvalue weighted by Gasteiger charge is -2.21. The number of nitrogens with one attached hydrogen (secondary N) is 1. The largest absolute Gasteiger partial charge is 0.409 e. The third-order valence-electron chi connectivity index (χ3n) is 1.72. The summed E-state index contributed by atoms with van der Waals surface area (Å²) in [5.74, 6) is -0.979. The molecule has 0 saturated carbocycles. The fraction of sp³-hybridized carbons (Fsp3) is 0.750. The van der Waals surface area contributed by atoms with Crippen LogP contribution >= 0.6 is 0 Å². The van der Waals surface area contributed by atoms with Crippen molar-refractivity contribution in [1.29, 1.82) is 0 Å². The predicted molar refractivity (Wildman–Crippen MR) is 53.6 cm³/mol. The van der Waals surface area contributed by atoms with Gasteiger partial charge in [0.1, 0.15) is 5.92 Å². The van der Waals surface area contributed by atoms with Crippen LogP contribution < -0.4 is 11.2 Å². The maximum Gasteiger partial charge on any atom is 0.245 e. The molecule has 1 amide bonds. The van der Waals surface area contributed by atoms with E-state index in [1.807, 2.05) is 13.8 Å². The average molecular weight is 202 g/mol. The molecule has 6 nitrogen and oxygen atoms in total. The monoisotopic (exact) mass is 202 g/mol. The van der Waals surface area contributed by atoms with Gasteiger partial charge in [-0.05, 0) is 5.92 Å². The third-order valence-corrected chi connectivity index (χ3v) is 1.72. The van der Waals surface area contributed by atoms with Gasteiger partial charge in [0.25, 0.3) is 0 Å². The van der Waals surface area contributed by atoms with Crippen molar-refractivity contribution in [3.63, 3.8) is 0 Å². The SMILES string of the molecule is CC(C)C(C(=O)NN(C)C)C(N)=NO. The molecule has 82 valence electrons. The van der Waals surface area contributed by atoms with Gasteiger partial charge in [-0.3, -0.25) is 10.2 Å². The van der Waals surface area contributed by atoms with Crippen LogP contribution in [0.1, 0.15) is 13.8 Å². The van der Waals surface area contributed by atoms with Crippen LogP contribution in [0.5, 0.6) is 0 Å². The zero-order valence-corrected chi connectivity index (χ0v) is 8.98. The minimum Gasteiger partial charge on any atom is -0.409 e. The van der Waals surface area contributed by atoms with Crippen molar-refractivity contribution in [3.05, 3.63) is 0 Å². The lowest BCUT2D eigenvalue weighted by Crippen LogP contribution is -2.46. The lowest BCUT2D eigenvalue weighted by molar-refractivity contribution is -0.127. The van der Waals surface area contributed by atoms with Gasteiger partial charge < -0.3 is 10.9 Å². The molecule has 0 radical (unpaired) electrons. The molecule has 0 aromatic heterocycles. The smallest absolute Gasteiger partial charge is 0.245 e. The van der Waals surface area contributed by atoms with Crippen LogP contribution in [0.25, 0.3) is 0 Å². The fourth-order valence-electron chi connectivity index (χ4n) is 1.13. The van der Waals surface area contributed by atoms with Crippen molar-refractivity contribution < 1.29 is 10.0 Å². The maximum absolute atomic E-state index is 11.6. The molecule has 0 bridgehead atoms. The Morgan fingerprint density at radius 1 is 1.50 bits per heavy atom. The van der Waals surface area contributed by atoms with Gasteiger partial charge in [0.2, 0.25) is 5.91 Å². The van der Waals surface area contributed by atoms with Gasteiger partial charge >= 0.3 is 0 Å². The van der Waals surface area contributed by atoms with Gasteiger partial charge in [-0.1, -0.05) is 19.0 Å². The third kappa shape index (κ3) is 3.61. The summed E-state index contributed by atoms with van der Waals surface area (Å²) in [6.07, 6.45) is 0. The number of amidine groups is 1. The normalized spacial score (nSPS) is 14.6. The molecule has 1 atom stereocenters. The Kier molecular flexibility index (Phi) is 4.93. The number of oxime groups is 1. The second kappa shape index (κ2) is 5.43. The van der Waals surface area contributed by atoms with Crippen LogP contribution in [0.15, 0.2) is 5.16 Å². The van der Waals surface area contributed by atoms with Crippen LogP contribution in [0.2, 0.25) is 0 Å². The molecular formula is C8H18N4O2. The molecule has 0 aliphatic rings. The number of rotatable bonds is 4. The van der Waals surface area contributed by atoms with Crippen LogP contribution in [0, 0.1) is 11.8 Å². The number of hydrazine groups is 1. The summed E-state index contributed by atoms with van der Waals surface area (Å²) < 4.78 is 0. The number of amides is 1. The van der Waals surface area contributed by atoms with Gasteiger partial charge in [0, 0.05) is 14.1 Å². The molecule has 0 heterocycles. The molecule has 0 aromatic rings. The minimum absolute atomic E-state index is 0.0224. The van der Waals surface area contributed by atoms with E-state index in [0.717, 1.165) is 0 Å². The Morgan fingerprint density at radius 3 is 2.29 bits per heavy atom. The number of nitrogens with zero attached hydrogens (tertiary/aromatic N) is 2. The Hall–Kier alpha value is -1.30. The Labute approximate surface area is 83.7 Å². The molecule has 0 spiro atoms. The van der Waals surface area contributed by atoms with E-state index in [1.54, 1.807) is 14.1 Å². The van der Waals surface area contributed by atoms with E-state index in [-0.39, 0.29) is 17.7 Å². The Morgan fingerprint density at radius 2 is 2.00 bits per heavy atom. The van der Waals surface area contributed by atoms with E-state index in [2.05, 4.69) is 10.6 Å². The van der Waals surface area contributed by atoms with Gasteiger partial charge in [0.15, 0.2) is 5.84 Å². The minimum atomic E-state index is -0.609. The average Bonchev–Trinajstić information content (AvgIpc) is 2.01. The van der Waals surface area contributed by atoms with Crippen LogP contribution in [-0.4, -0.2) is 36.1 Å². The molecule has 0 rings (SSSR count). The highest BCUT2D eigenvalue weighted by atomic mass is 16.4.